The molecule has 1 saturated heterocycles. The van der Waals surface area contributed by atoms with Gasteiger partial charge in [-0.05, 0) is 55.8 Å². The van der Waals surface area contributed by atoms with Crippen molar-refractivity contribution < 1.29 is 9.47 Å². The number of aromatic nitrogens is 1. The van der Waals surface area contributed by atoms with E-state index in [4.69, 9.17) is 14.5 Å². The van der Waals surface area contributed by atoms with Gasteiger partial charge in [0.05, 0.1) is 18.2 Å². The van der Waals surface area contributed by atoms with E-state index in [1.54, 1.807) is 11.8 Å². The third-order valence-electron chi connectivity index (χ3n) is 4.60. The maximum Gasteiger partial charge on any atom is 0.165 e. The van der Waals surface area contributed by atoms with Gasteiger partial charge in [0.2, 0.25) is 0 Å². The van der Waals surface area contributed by atoms with Gasteiger partial charge in [0.1, 0.15) is 10.8 Å². The second-order valence-corrected chi connectivity index (χ2v) is 7.32. The van der Waals surface area contributed by atoms with Crippen LogP contribution in [0.15, 0.2) is 34.3 Å². The van der Waals surface area contributed by atoms with E-state index in [0.29, 0.717) is 12.7 Å². The highest BCUT2D eigenvalue weighted by Crippen LogP contribution is 2.34. The molecular weight excluding hydrogens is 334 g/mol. The number of amidine groups is 1. The Bertz CT molecular complexity index is 803. The van der Waals surface area contributed by atoms with Crippen LogP contribution in [0.5, 0.6) is 5.75 Å². The number of hydrogen-bond acceptors (Lipinski definition) is 5. The third kappa shape index (κ3) is 3.46. The lowest BCUT2D eigenvalue weighted by Gasteiger charge is -2.32. The number of aliphatic imine (C=N–C) groups is 1. The van der Waals surface area contributed by atoms with Gasteiger partial charge < -0.3 is 14.4 Å². The van der Waals surface area contributed by atoms with Crippen molar-refractivity contribution in [1.29, 1.82) is 0 Å². The fraction of sp³-hybridized carbons (Fsp3) is 0.474. The van der Waals surface area contributed by atoms with Crippen molar-refractivity contribution >= 4 is 27.8 Å². The first kappa shape index (κ1) is 16.7. The second-order valence-electron chi connectivity index (χ2n) is 6.36. The topological polar surface area (TPSA) is 47.0 Å². The van der Waals surface area contributed by atoms with Crippen molar-refractivity contribution in [3.8, 4) is 5.75 Å². The molecule has 0 N–H and O–H groups in total. The normalized spacial score (nSPS) is 21.8. The van der Waals surface area contributed by atoms with Crippen molar-refractivity contribution in [1.82, 2.24) is 9.88 Å². The minimum absolute atomic E-state index is 0.317. The molecule has 6 heteroatoms. The molecule has 1 aromatic heterocycles. The van der Waals surface area contributed by atoms with Crippen LogP contribution < -0.4 is 4.74 Å². The summed E-state index contributed by atoms with van der Waals surface area (Å²) in [7, 11) is 1.85. The summed E-state index contributed by atoms with van der Waals surface area (Å²) in [6.45, 7) is 5.28. The maximum absolute atomic E-state index is 5.81. The van der Waals surface area contributed by atoms with Gasteiger partial charge in [0, 0.05) is 37.7 Å². The molecule has 0 amide bonds. The summed E-state index contributed by atoms with van der Waals surface area (Å²) in [5, 5.41) is 3.21. The van der Waals surface area contributed by atoms with Crippen LogP contribution in [0.4, 0.5) is 0 Å². The van der Waals surface area contributed by atoms with Gasteiger partial charge in [-0.25, -0.2) is 4.98 Å². The zero-order valence-corrected chi connectivity index (χ0v) is 15.5. The molecule has 2 aliphatic heterocycles. The minimum atomic E-state index is 0.317. The second kappa shape index (κ2) is 7.22. The molecule has 1 aromatic carbocycles. The van der Waals surface area contributed by atoms with E-state index < -0.39 is 0 Å². The molecule has 1 atom stereocenters. The standard InChI is InChI=1S/C19H23N3O2S/c1-3-23-15-6-7-17-13(10-15)9-14-11-22(12-16-5-4-8-24-16)19(20-2)25-18(14)21-17/h6-7,9-10,16H,3-5,8,11-12H2,1-2H3/t16-/m0/s1. The van der Waals surface area contributed by atoms with E-state index in [1.165, 1.54) is 5.56 Å². The third-order valence-corrected chi connectivity index (χ3v) is 5.77. The Kier molecular flexibility index (Phi) is 4.81. The average molecular weight is 357 g/mol. The Morgan fingerprint density at radius 2 is 2.32 bits per heavy atom. The minimum Gasteiger partial charge on any atom is -0.494 e. The van der Waals surface area contributed by atoms with E-state index in [9.17, 15) is 0 Å². The highest BCUT2D eigenvalue weighted by Gasteiger charge is 2.27. The summed E-state index contributed by atoms with van der Waals surface area (Å²) in [6.07, 6.45) is 2.61. The Labute approximate surface area is 152 Å². The first-order chi connectivity index (χ1) is 12.3. The van der Waals surface area contributed by atoms with E-state index in [1.807, 2.05) is 26.1 Å². The summed E-state index contributed by atoms with van der Waals surface area (Å²) < 4.78 is 11.4. The molecule has 132 valence electrons. The SMILES string of the molecule is CCOc1ccc2nc3c(cc2c1)CN(C[C@@H]1CCCO1)C(=NC)S3. The largest absolute Gasteiger partial charge is 0.494 e. The highest BCUT2D eigenvalue weighted by atomic mass is 32.2. The number of fused-ring (bicyclic) bond motifs is 2. The fourth-order valence-corrected chi connectivity index (χ4v) is 4.36. The van der Waals surface area contributed by atoms with E-state index in [2.05, 4.69) is 22.0 Å². The molecular formula is C19H23N3O2S. The lowest BCUT2D eigenvalue weighted by atomic mass is 10.1. The zero-order chi connectivity index (χ0) is 17.2. The Hall–Kier alpha value is -1.79. The number of rotatable bonds is 4. The van der Waals surface area contributed by atoms with Crippen LogP contribution >= 0.6 is 11.8 Å². The molecule has 0 spiro atoms. The van der Waals surface area contributed by atoms with Crippen LogP contribution in [0, 0.1) is 0 Å². The predicted octanol–water partition coefficient (Wildman–Crippen LogP) is 3.71. The van der Waals surface area contributed by atoms with Crippen LogP contribution in [-0.4, -0.2) is 48.0 Å². The van der Waals surface area contributed by atoms with Crippen LogP contribution in [0.3, 0.4) is 0 Å². The van der Waals surface area contributed by atoms with Crippen molar-refractivity contribution in [2.45, 2.75) is 37.4 Å². The molecule has 2 aliphatic rings. The molecule has 0 bridgehead atoms. The molecule has 25 heavy (non-hydrogen) atoms. The van der Waals surface area contributed by atoms with Gasteiger partial charge in [-0.1, -0.05) is 0 Å². The Morgan fingerprint density at radius 1 is 1.40 bits per heavy atom. The fourth-order valence-electron chi connectivity index (χ4n) is 3.43. The monoisotopic (exact) mass is 357 g/mol. The van der Waals surface area contributed by atoms with Crippen molar-refractivity contribution in [2.24, 2.45) is 4.99 Å². The number of ether oxygens (including phenoxy) is 2. The average Bonchev–Trinajstić information content (AvgIpc) is 3.13. The van der Waals surface area contributed by atoms with Crippen molar-refractivity contribution in [3.05, 3.63) is 29.8 Å². The molecule has 0 aliphatic carbocycles. The van der Waals surface area contributed by atoms with Gasteiger partial charge in [-0.2, -0.15) is 0 Å². The van der Waals surface area contributed by atoms with Crippen LogP contribution in [0.1, 0.15) is 25.3 Å². The zero-order valence-electron chi connectivity index (χ0n) is 14.7. The molecule has 0 unspecified atom stereocenters. The first-order valence-electron chi connectivity index (χ1n) is 8.84. The highest BCUT2D eigenvalue weighted by molar-refractivity contribution is 8.13. The number of hydrogen-bond donors (Lipinski definition) is 0. The van der Waals surface area contributed by atoms with Gasteiger partial charge >= 0.3 is 0 Å². The lowest BCUT2D eigenvalue weighted by Crippen LogP contribution is -2.37. The van der Waals surface area contributed by atoms with E-state index in [0.717, 1.165) is 59.4 Å². The van der Waals surface area contributed by atoms with Crippen molar-refractivity contribution in [2.75, 3.05) is 26.8 Å². The quantitative estimate of drug-likeness (QED) is 0.835. The number of pyridine rings is 1. The summed E-state index contributed by atoms with van der Waals surface area (Å²) >= 11 is 1.66. The van der Waals surface area contributed by atoms with Crippen LogP contribution in [-0.2, 0) is 11.3 Å². The molecule has 0 saturated carbocycles. The smallest absolute Gasteiger partial charge is 0.165 e. The van der Waals surface area contributed by atoms with Crippen LogP contribution in [0.2, 0.25) is 0 Å². The van der Waals surface area contributed by atoms with Gasteiger partial charge in [-0.3, -0.25) is 4.99 Å². The maximum atomic E-state index is 5.81. The molecule has 5 nitrogen and oxygen atoms in total. The molecule has 4 rings (SSSR count). The van der Waals surface area contributed by atoms with Gasteiger partial charge in [0.25, 0.3) is 0 Å². The molecule has 1 fully saturated rings. The van der Waals surface area contributed by atoms with E-state index in [-0.39, 0.29) is 0 Å². The summed E-state index contributed by atoms with van der Waals surface area (Å²) in [4.78, 5) is 11.7. The van der Waals surface area contributed by atoms with Crippen LogP contribution in [0.25, 0.3) is 10.9 Å². The lowest BCUT2D eigenvalue weighted by molar-refractivity contribution is 0.0903. The predicted molar refractivity (Wildman–Crippen MR) is 102 cm³/mol. The summed E-state index contributed by atoms with van der Waals surface area (Å²) in [5.41, 5.74) is 2.24. The summed E-state index contributed by atoms with van der Waals surface area (Å²) in [6, 6.07) is 8.33. The van der Waals surface area contributed by atoms with Gasteiger partial charge in [0.15, 0.2) is 5.17 Å². The van der Waals surface area contributed by atoms with E-state index >= 15 is 0 Å². The number of benzene rings is 1. The Balaban J connectivity index is 1.64. The molecule has 0 radical (unpaired) electrons. The number of nitrogens with zero attached hydrogens (tertiary/aromatic N) is 3. The molecule has 3 heterocycles. The number of thioether (sulfide) groups is 1. The molecule has 2 aromatic rings. The first-order valence-corrected chi connectivity index (χ1v) is 9.66. The van der Waals surface area contributed by atoms with Gasteiger partial charge in [-0.15, -0.1) is 0 Å². The Morgan fingerprint density at radius 3 is 3.08 bits per heavy atom. The summed E-state index contributed by atoms with van der Waals surface area (Å²) in [5.74, 6) is 0.896. The van der Waals surface area contributed by atoms with Crippen molar-refractivity contribution in [3.63, 3.8) is 0 Å².